The van der Waals surface area contributed by atoms with Crippen LogP contribution >= 0.6 is 0 Å². The molecule has 0 spiro atoms. The smallest absolute Gasteiger partial charge is 0.260 e. The molecule has 0 atom stereocenters. The first-order chi connectivity index (χ1) is 20.3. The number of fused-ring (bicyclic) bond motifs is 3. The molecule has 3 aliphatic rings. The van der Waals surface area contributed by atoms with E-state index in [4.69, 9.17) is 4.98 Å². The molecule has 0 bridgehead atoms. The Morgan fingerprint density at radius 3 is 2.40 bits per heavy atom. The fraction of sp³-hybridized carbons (Fsp3) is 0.484. The van der Waals surface area contributed by atoms with Crippen LogP contribution in [-0.4, -0.2) is 73.8 Å². The Morgan fingerprint density at radius 1 is 0.952 bits per heavy atom. The SMILES string of the molecule is O=c1c2cc(CN3CCN(c4ccncc4)CC3)ccc2c2cnc(NC3CC(F)(F)C3)nc2n1[C@H]1CC[C@H](O)CC1. The van der Waals surface area contributed by atoms with Gasteiger partial charge >= 0.3 is 0 Å². The molecule has 2 aliphatic carbocycles. The predicted molar refractivity (Wildman–Crippen MR) is 158 cm³/mol. The van der Waals surface area contributed by atoms with Crippen molar-refractivity contribution in [3.05, 3.63) is 64.8 Å². The number of anilines is 2. The summed E-state index contributed by atoms with van der Waals surface area (Å²) in [5, 5.41) is 15.3. The van der Waals surface area contributed by atoms with E-state index >= 15 is 0 Å². The molecule has 4 heterocycles. The summed E-state index contributed by atoms with van der Waals surface area (Å²) in [6.07, 6.45) is 7.07. The molecule has 1 aliphatic heterocycles. The summed E-state index contributed by atoms with van der Waals surface area (Å²) in [5.74, 6) is -2.39. The standard InChI is InChI=1S/C31H35F2N7O2/c32-31(33)16-21(17-31)36-30-35-18-27-25-6-1-20(19-38-11-13-39(14-12-38)22-7-9-34-10-8-22)15-26(25)29(42)40(28(27)37-30)23-2-4-24(41)5-3-23/h1,6-10,15,18,21,23-24,41H,2-5,11-14,16-17,19H2,(H,35,36,37)/t23-,24-. The van der Waals surface area contributed by atoms with Crippen LogP contribution in [0.1, 0.15) is 50.1 Å². The van der Waals surface area contributed by atoms with E-state index in [0.29, 0.717) is 36.7 Å². The van der Waals surface area contributed by atoms with Crippen molar-refractivity contribution >= 4 is 33.4 Å². The molecule has 1 aromatic carbocycles. The minimum Gasteiger partial charge on any atom is -0.393 e. The summed E-state index contributed by atoms with van der Waals surface area (Å²) >= 11 is 0. The van der Waals surface area contributed by atoms with Gasteiger partial charge in [-0.05, 0) is 54.8 Å². The van der Waals surface area contributed by atoms with Crippen LogP contribution in [0, 0.1) is 0 Å². The second-order valence-electron chi connectivity index (χ2n) is 12.0. The summed E-state index contributed by atoms with van der Waals surface area (Å²) < 4.78 is 28.6. The van der Waals surface area contributed by atoms with Gasteiger partial charge in [-0.2, -0.15) is 4.98 Å². The van der Waals surface area contributed by atoms with Gasteiger partial charge < -0.3 is 15.3 Å². The van der Waals surface area contributed by atoms with E-state index in [1.165, 1.54) is 5.69 Å². The molecule has 42 heavy (non-hydrogen) atoms. The Labute approximate surface area is 242 Å². The second kappa shape index (κ2) is 10.9. The predicted octanol–water partition coefficient (Wildman–Crippen LogP) is 4.35. The molecule has 2 saturated carbocycles. The molecule has 11 heteroatoms. The van der Waals surface area contributed by atoms with Gasteiger partial charge in [0.2, 0.25) is 5.95 Å². The Kier molecular flexibility index (Phi) is 7.02. The van der Waals surface area contributed by atoms with Crippen LogP contribution in [-0.2, 0) is 6.54 Å². The number of alkyl halides is 2. The maximum absolute atomic E-state index is 14.1. The fourth-order valence-electron chi connectivity index (χ4n) is 6.72. The van der Waals surface area contributed by atoms with Gasteiger partial charge in [-0.25, -0.2) is 13.8 Å². The maximum Gasteiger partial charge on any atom is 0.260 e. The number of nitrogens with one attached hydrogen (secondary N) is 1. The van der Waals surface area contributed by atoms with Crippen LogP contribution in [0.4, 0.5) is 20.4 Å². The topological polar surface area (TPSA) is 99.4 Å². The van der Waals surface area contributed by atoms with Crippen molar-refractivity contribution in [2.24, 2.45) is 0 Å². The average molecular weight is 576 g/mol. The molecular weight excluding hydrogens is 540 g/mol. The van der Waals surface area contributed by atoms with Gasteiger partial charge in [0.1, 0.15) is 5.65 Å². The van der Waals surface area contributed by atoms with E-state index < -0.39 is 12.0 Å². The lowest BCUT2D eigenvalue weighted by molar-refractivity contribution is -0.0794. The number of nitrogens with zero attached hydrogens (tertiary/aromatic N) is 6. The number of aromatic nitrogens is 4. The van der Waals surface area contributed by atoms with Crippen LogP contribution < -0.4 is 15.8 Å². The molecule has 4 aromatic rings. The van der Waals surface area contributed by atoms with Crippen LogP contribution in [0.3, 0.4) is 0 Å². The number of hydrogen-bond acceptors (Lipinski definition) is 8. The van der Waals surface area contributed by atoms with Crippen molar-refractivity contribution in [2.75, 3.05) is 36.4 Å². The highest BCUT2D eigenvalue weighted by atomic mass is 19.3. The van der Waals surface area contributed by atoms with Gasteiger partial charge in [-0.3, -0.25) is 19.2 Å². The molecule has 0 radical (unpaired) electrons. The van der Waals surface area contributed by atoms with E-state index in [0.717, 1.165) is 49.1 Å². The summed E-state index contributed by atoms with van der Waals surface area (Å²) in [6.45, 7) is 4.44. The third kappa shape index (κ3) is 5.31. The molecule has 0 unspecified atom stereocenters. The van der Waals surface area contributed by atoms with Crippen molar-refractivity contribution in [3.63, 3.8) is 0 Å². The van der Waals surface area contributed by atoms with E-state index in [1.54, 1.807) is 10.8 Å². The Hall–Kier alpha value is -3.70. The first-order valence-corrected chi connectivity index (χ1v) is 14.9. The molecule has 9 nitrogen and oxygen atoms in total. The molecule has 0 amide bonds. The lowest BCUT2D eigenvalue weighted by Crippen LogP contribution is -2.45. The number of rotatable bonds is 6. The number of aliphatic hydroxyl groups excluding tert-OH is 1. The highest BCUT2D eigenvalue weighted by molar-refractivity contribution is 6.04. The summed E-state index contributed by atoms with van der Waals surface area (Å²) in [5.41, 5.74) is 2.66. The van der Waals surface area contributed by atoms with Gasteiger partial charge in [-0.15, -0.1) is 0 Å². The highest BCUT2D eigenvalue weighted by Gasteiger charge is 2.45. The van der Waals surface area contributed by atoms with Gasteiger partial charge in [0, 0.05) is 92.7 Å². The molecule has 3 aromatic heterocycles. The van der Waals surface area contributed by atoms with Crippen molar-refractivity contribution in [3.8, 4) is 0 Å². The van der Waals surface area contributed by atoms with Gasteiger partial charge in [0.15, 0.2) is 0 Å². The fourth-order valence-corrected chi connectivity index (χ4v) is 6.72. The largest absolute Gasteiger partial charge is 0.393 e. The summed E-state index contributed by atoms with van der Waals surface area (Å²) in [6, 6.07) is 9.64. The number of pyridine rings is 2. The van der Waals surface area contributed by atoms with Crippen molar-refractivity contribution in [1.29, 1.82) is 0 Å². The zero-order valence-electron chi connectivity index (χ0n) is 23.4. The van der Waals surface area contributed by atoms with E-state index in [-0.39, 0.29) is 36.5 Å². The Bertz CT molecular complexity index is 1640. The summed E-state index contributed by atoms with van der Waals surface area (Å²) in [7, 11) is 0. The summed E-state index contributed by atoms with van der Waals surface area (Å²) in [4.78, 5) is 32.2. The molecule has 220 valence electrons. The molecule has 1 saturated heterocycles. The highest BCUT2D eigenvalue weighted by Crippen LogP contribution is 2.39. The number of hydrogen-bond donors (Lipinski definition) is 2. The van der Waals surface area contributed by atoms with E-state index in [9.17, 15) is 18.7 Å². The number of halogens is 2. The van der Waals surface area contributed by atoms with Crippen LogP contribution in [0.2, 0.25) is 0 Å². The lowest BCUT2D eigenvalue weighted by Gasteiger charge is -2.36. The van der Waals surface area contributed by atoms with Gasteiger partial charge in [0.25, 0.3) is 11.5 Å². The zero-order valence-corrected chi connectivity index (χ0v) is 23.4. The lowest BCUT2D eigenvalue weighted by atomic mass is 9.88. The molecule has 2 N–H and O–H groups in total. The van der Waals surface area contributed by atoms with Gasteiger partial charge in [0.05, 0.1) is 6.10 Å². The van der Waals surface area contributed by atoms with Crippen molar-refractivity contribution in [2.45, 2.75) is 69.2 Å². The second-order valence-corrected chi connectivity index (χ2v) is 12.0. The number of benzene rings is 1. The van der Waals surface area contributed by atoms with Gasteiger partial charge in [-0.1, -0.05) is 12.1 Å². The first-order valence-electron chi connectivity index (χ1n) is 14.9. The average Bonchev–Trinajstić information content (AvgIpc) is 2.98. The quantitative estimate of drug-likeness (QED) is 0.328. The molecule has 7 rings (SSSR count). The van der Waals surface area contributed by atoms with Crippen molar-refractivity contribution in [1.82, 2.24) is 24.4 Å². The minimum atomic E-state index is -2.65. The zero-order chi connectivity index (χ0) is 28.8. The molecular formula is C31H35F2N7O2. The number of aliphatic hydroxyl groups is 1. The minimum absolute atomic E-state index is 0.103. The third-order valence-electron chi connectivity index (χ3n) is 9.08. The molecule has 3 fully saturated rings. The maximum atomic E-state index is 14.1. The van der Waals surface area contributed by atoms with Crippen LogP contribution in [0.5, 0.6) is 0 Å². The van der Waals surface area contributed by atoms with E-state index in [1.807, 2.05) is 36.7 Å². The first kappa shape index (κ1) is 27.2. The van der Waals surface area contributed by atoms with Crippen LogP contribution in [0.25, 0.3) is 21.8 Å². The van der Waals surface area contributed by atoms with E-state index in [2.05, 4.69) is 31.2 Å². The van der Waals surface area contributed by atoms with Crippen molar-refractivity contribution < 1.29 is 13.9 Å². The van der Waals surface area contributed by atoms with Crippen LogP contribution in [0.15, 0.2) is 53.7 Å². The third-order valence-corrected chi connectivity index (χ3v) is 9.08. The monoisotopic (exact) mass is 575 g/mol. The Morgan fingerprint density at radius 2 is 1.69 bits per heavy atom. The Balaban J connectivity index is 1.19. The number of piperazine rings is 1. The normalized spacial score (nSPS) is 23.3.